The van der Waals surface area contributed by atoms with Gasteiger partial charge in [-0.15, -0.1) is 5.26 Å². The van der Waals surface area contributed by atoms with E-state index in [-0.39, 0.29) is 0 Å². The van der Waals surface area contributed by atoms with Crippen LogP contribution in [0.15, 0.2) is 0 Å². The summed E-state index contributed by atoms with van der Waals surface area (Å²) in [4.78, 5) is 11.2. The van der Waals surface area contributed by atoms with Crippen LogP contribution in [0.3, 0.4) is 0 Å². The lowest BCUT2D eigenvalue weighted by atomic mass is 11.6. The molecular weight excluding hydrogens is 166 g/mol. The molecule has 0 radical (unpaired) electrons. The summed E-state index contributed by atoms with van der Waals surface area (Å²) >= 11 is 0. The van der Waals surface area contributed by atoms with Gasteiger partial charge in [0.25, 0.3) is 0 Å². The van der Waals surface area contributed by atoms with Crippen molar-refractivity contribution in [1.29, 1.82) is 5.26 Å². The van der Waals surface area contributed by atoms with Crippen LogP contribution < -0.4 is 0 Å². The zero-order chi connectivity index (χ0) is 8.20. The number of nitriles is 1. The summed E-state index contributed by atoms with van der Waals surface area (Å²) in [6, 6.07) is 0. The molecule has 0 atom stereocenters. The van der Waals surface area contributed by atoms with E-state index in [0.717, 1.165) is 6.26 Å². The number of nitrogens with zero attached hydrogens (tertiary/aromatic N) is 3. The van der Waals surface area contributed by atoms with E-state index in [1.165, 1.54) is 0 Å². The molecule has 0 rings (SSSR count). The molecule has 8 nitrogen and oxygen atoms in total. The van der Waals surface area contributed by atoms with Gasteiger partial charge in [0.2, 0.25) is 0 Å². The predicted octanol–water partition coefficient (Wildman–Crippen LogP) is -0.706. The quantitative estimate of drug-likeness (QED) is 0.310. The van der Waals surface area contributed by atoms with E-state index in [1.807, 2.05) is 4.83 Å². The first-order valence-electron chi connectivity index (χ1n) is 1.68. The molecule has 0 spiro atoms. The monoisotopic (exact) mass is 166 g/mol. The molecule has 0 saturated heterocycles. The lowest BCUT2D eigenvalue weighted by Crippen LogP contribution is -2.04. The van der Waals surface area contributed by atoms with Crippen molar-refractivity contribution >= 4 is 10.3 Å². The number of hydrogen-bond donors (Lipinski definition) is 0. The summed E-state index contributed by atoms with van der Waals surface area (Å²) in [6.07, 6.45) is 0.727. The van der Waals surface area contributed by atoms with Gasteiger partial charge in [-0.1, -0.05) is 0 Å². The molecule has 56 valence electrons. The summed E-state index contributed by atoms with van der Waals surface area (Å²) in [7, 11) is -4.67. The fourth-order valence-electron chi connectivity index (χ4n) is 0.145. The van der Waals surface area contributed by atoms with Gasteiger partial charge in [-0.2, -0.15) is 8.42 Å². The van der Waals surface area contributed by atoms with Crippen molar-refractivity contribution in [1.82, 2.24) is 0 Å². The first-order chi connectivity index (χ1) is 4.48. The van der Waals surface area contributed by atoms with Gasteiger partial charge in [0.15, 0.2) is 0 Å². The SMILES string of the molecule is N#COS(=O)(=O)[N-][N+](=O)[O-]. The van der Waals surface area contributed by atoms with Crippen LogP contribution >= 0.6 is 0 Å². The molecular formula is CN3O5S-. The third-order valence-electron chi connectivity index (χ3n) is 0.309. The van der Waals surface area contributed by atoms with Gasteiger partial charge in [0, 0.05) is 5.03 Å². The van der Waals surface area contributed by atoms with Gasteiger partial charge < -0.3 is 4.18 Å². The average Bonchev–Trinajstić information content (AvgIpc) is 1.59. The molecule has 0 bridgehead atoms. The van der Waals surface area contributed by atoms with E-state index in [4.69, 9.17) is 5.26 Å². The minimum Gasteiger partial charge on any atom is -0.310 e. The standard InChI is InChI=1S/CN3O5S/c2-1-9-10(7,8)3-4(5)6/q-1. The highest BCUT2D eigenvalue weighted by molar-refractivity contribution is 7.89. The minimum absolute atomic E-state index is 0.727. The minimum atomic E-state index is -4.67. The smallest absolute Gasteiger partial charge is 0.310 e. The summed E-state index contributed by atoms with van der Waals surface area (Å²) < 4.78 is 23.2. The third-order valence-corrected chi connectivity index (χ3v) is 0.928. The molecule has 9 heteroatoms. The summed E-state index contributed by atoms with van der Waals surface area (Å²) in [5.74, 6) is 0. The Bertz CT molecular complexity index is 259. The summed E-state index contributed by atoms with van der Waals surface area (Å²) in [5.41, 5.74) is 0. The van der Waals surface area contributed by atoms with Crippen LogP contribution in [0, 0.1) is 21.6 Å². The second-order valence-corrected chi connectivity index (χ2v) is 2.11. The molecule has 0 aliphatic rings. The Morgan fingerprint density at radius 3 is 2.50 bits per heavy atom. The molecule has 0 amide bonds. The predicted molar refractivity (Wildman–Crippen MR) is 26.0 cm³/mol. The van der Waals surface area contributed by atoms with Crippen molar-refractivity contribution in [3.8, 4) is 6.26 Å². The molecule has 0 aromatic heterocycles. The first kappa shape index (κ1) is 8.44. The molecule has 0 fully saturated rings. The highest BCUT2D eigenvalue weighted by Gasteiger charge is 2.02. The average molecular weight is 166 g/mol. The molecule has 0 aliphatic carbocycles. The van der Waals surface area contributed by atoms with Gasteiger partial charge in [-0.3, -0.25) is 10.1 Å². The number of hydrogen-bond acceptors (Lipinski definition) is 6. The fourth-order valence-corrected chi connectivity index (χ4v) is 0.436. The number of rotatable bonds is 3. The van der Waals surface area contributed by atoms with Crippen LogP contribution in [0.1, 0.15) is 0 Å². The van der Waals surface area contributed by atoms with E-state index in [1.54, 1.807) is 0 Å². The Balaban J connectivity index is 4.19. The molecule has 0 N–H and O–H groups in total. The van der Waals surface area contributed by atoms with Crippen LogP contribution in [-0.4, -0.2) is 13.5 Å². The Hall–Kier alpha value is -1.56. The van der Waals surface area contributed by atoms with E-state index in [9.17, 15) is 18.5 Å². The van der Waals surface area contributed by atoms with Crippen molar-refractivity contribution in [3.63, 3.8) is 0 Å². The topological polar surface area (TPSA) is 124 Å². The third kappa shape index (κ3) is 3.44. The largest absolute Gasteiger partial charge is 0.318 e. The van der Waals surface area contributed by atoms with Crippen molar-refractivity contribution < 1.29 is 17.6 Å². The van der Waals surface area contributed by atoms with E-state index in [0.29, 0.717) is 0 Å². The van der Waals surface area contributed by atoms with Crippen molar-refractivity contribution in [2.45, 2.75) is 0 Å². The zero-order valence-electron chi connectivity index (χ0n) is 4.29. The molecule has 0 aliphatic heterocycles. The fraction of sp³-hybridized carbons (Fsp3) is 0. The van der Waals surface area contributed by atoms with E-state index >= 15 is 0 Å². The second kappa shape index (κ2) is 2.83. The van der Waals surface area contributed by atoms with Crippen LogP contribution in [0.4, 0.5) is 0 Å². The highest BCUT2D eigenvalue weighted by Crippen LogP contribution is 2.01. The van der Waals surface area contributed by atoms with Crippen LogP contribution in [0.2, 0.25) is 0 Å². The molecule has 10 heavy (non-hydrogen) atoms. The van der Waals surface area contributed by atoms with Crippen molar-refractivity contribution in [2.24, 2.45) is 0 Å². The summed E-state index contributed by atoms with van der Waals surface area (Å²) in [5, 5.41) is 15.5. The Morgan fingerprint density at radius 2 is 2.20 bits per heavy atom. The summed E-state index contributed by atoms with van der Waals surface area (Å²) in [6.45, 7) is 0. The molecule has 0 aromatic carbocycles. The van der Waals surface area contributed by atoms with Crippen molar-refractivity contribution in [2.75, 3.05) is 0 Å². The second-order valence-electron chi connectivity index (χ2n) is 0.922. The maximum atomic E-state index is 9.99. The van der Waals surface area contributed by atoms with Crippen LogP contribution in [0.25, 0.3) is 4.83 Å². The van der Waals surface area contributed by atoms with E-state index < -0.39 is 15.3 Å². The van der Waals surface area contributed by atoms with Crippen molar-refractivity contribution in [3.05, 3.63) is 14.9 Å². The molecule has 0 heterocycles. The van der Waals surface area contributed by atoms with Gasteiger partial charge >= 0.3 is 16.6 Å². The van der Waals surface area contributed by atoms with Crippen LogP contribution in [-0.2, 0) is 14.5 Å². The van der Waals surface area contributed by atoms with E-state index in [2.05, 4.69) is 4.18 Å². The molecule has 0 saturated carbocycles. The van der Waals surface area contributed by atoms with Gasteiger partial charge in [0.1, 0.15) is 0 Å². The Morgan fingerprint density at radius 1 is 1.70 bits per heavy atom. The number of nitro groups is 1. The maximum Gasteiger partial charge on any atom is 0.318 e. The lowest BCUT2D eigenvalue weighted by Gasteiger charge is -2.04. The highest BCUT2D eigenvalue weighted by atomic mass is 32.2. The lowest BCUT2D eigenvalue weighted by molar-refractivity contribution is -0.413. The Labute approximate surface area is 55.4 Å². The molecule has 0 aromatic rings. The Kier molecular flexibility index (Phi) is 2.39. The van der Waals surface area contributed by atoms with Gasteiger partial charge in [0.05, 0.1) is 0 Å². The molecule has 0 unspecified atom stereocenters. The zero-order valence-corrected chi connectivity index (χ0v) is 5.11. The van der Waals surface area contributed by atoms with Gasteiger partial charge in [-0.05, 0) is 0 Å². The van der Waals surface area contributed by atoms with Gasteiger partial charge in [-0.25, -0.2) is 4.83 Å². The van der Waals surface area contributed by atoms with Crippen LogP contribution in [0.5, 0.6) is 0 Å². The normalized spacial score (nSPS) is 9.50. The maximum absolute atomic E-state index is 9.99. The first-order valence-corrected chi connectivity index (χ1v) is 3.04.